The first kappa shape index (κ1) is 17.0. The molecule has 1 heterocycles. The van der Waals surface area contributed by atoms with Gasteiger partial charge in [-0.25, -0.2) is 4.79 Å². The Bertz CT molecular complexity index is 380. The number of aliphatic hydroxyl groups excluding tert-OH is 1. The number of nitrogens with one attached hydrogen (secondary N) is 1. The summed E-state index contributed by atoms with van der Waals surface area (Å²) in [5.74, 6) is 0.896. The number of aliphatic hydroxyl groups is 1. The molecule has 0 aromatic heterocycles. The highest BCUT2D eigenvalue weighted by Crippen LogP contribution is 2.27. The summed E-state index contributed by atoms with van der Waals surface area (Å²) in [4.78, 5) is 17.0. The molecule has 0 bridgehead atoms. The number of carbonyl (C=O) groups is 1. The van der Waals surface area contributed by atoms with E-state index in [4.69, 9.17) is 0 Å². The average Bonchev–Trinajstić information content (AvgIpc) is 2.58. The van der Waals surface area contributed by atoms with Gasteiger partial charge in [0.15, 0.2) is 0 Å². The van der Waals surface area contributed by atoms with Crippen LogP contribution in [0, 0.1) is 5.92 Å². The smallest absolute Gasteiger partial charge is 0.317 e. The maximum Gasteiger partial charge on any atom is 0.317 e. The fourth-order valence-corrected chi connectivity index (χ4v) is 4.38. The third-order valence-electron chi connectivity index (χ3n) is 6.13. The summed E-state index contributed by atoms with van der Waals surface area (Å²) < 4.78 is 0. The molecule has 23 heavy (non-hydrogen) atoms. The van der Waals surface area contributed by atoms with E-state index >= 15 is 0 Å². The van der Waals surface area contributed by atoms with Gasteiger partial charge in [-0.1, -0.05) is 6.92 Å². The van der Waals surface area contributed by atoms with Crippen LogP contribution in [-0.2, 0) is 0 Å². The van der Waals surface area contributed by atoms with Crippen molar-refractivity contribution in [1.82, 2.24) is 15.1 Å². The number of piperazine rings is 1. The van der Waals surface area contributed by atoms with Crippen LogP contribution < -0.4 is 5.32 Å². The van der Waals surface area contributed by atoms with Gasteiger partial charge in [-0.15, -0.1) is 0 Å². The molecular weight excluding hydrogens is 290 g/mol. The van der Waals surface area contributed by atoms with E-state index in [1.165, 1.54) is 25.7 Å². The van der Waals surface area contributed by atoms with Crippen molar-refractivity contribution in [1.29, 1.82) is 0 Å². The fourth-order valence-electron chi connectivity index (χ4n) is 4.38. The topological polar surface area (TPSA) is 55.8 Å². The molecule has 0 radical (unpaired) electrons. The summed E-state index contributed by atoms with van der Waals surface area (Å²) in [5, 5.41) is 12.7. The van der Waals surface area contributed by atoms with Crippen LogP contribution in [0.15, 0.2) is 0 Å². The predicted molar refractivity (Wildman–Crippen MR) is 91.4 cm³/mol. The van der Waals surface area contributed by atoms with Crippen LogP contribution in [0.3, 0.4) is 0 Å². The molecule has 0 aromatic carbocycles. The van der Waals surface area contributed by atoms with Gasteiger partial charge in [-0.2, -0.15) is 0 Å². The largest absolute Gasteiger partial charge is 0.393 e. The molecular formula is C18H33N3O2. The molecule has 2 N–H and O–H groups in total. The average molecular weight is 323 g/mol. The van der Waals surface area contributed by atoms with Crippen LogP contribution in [0.5, 0.6) is 0 Å². The summed E-state index contributed by atoms with van der Waals surface area (Å²) in [6.07, 6.45) is 8.68. The van der Waals surface area contributed by atoms with E-state index in [0.717, 1.165) is 63.8 Å². The maximum absolute atomic E-state index is 12.4. The molecule has 0 spiro atoms. The minimum atomic E-state index is -0.162. The SMILES string of the molecule is CC1CCC(N2CCN(C(=O)NC3CCC(O)CC3)CC2)CC1. The molecule has 3 fully saturated rings. The Morgan fingerprint density at radius 3 is 2.13 bits per heavy atom. The highest BCUT2D eigenvalue weighted by molar-refractivity contribution is 5.74. The Labute approximate surface area is 140 Å². The monoisotopic (exact) mass is 323 g/mol. The molecule has 3 aliphatic rings. The second-order valence-electron chi connectivity index (χ2n) is 7.89. The van der Waals surface area contributed by atoms with Gasteiger partial charge in [0.2, 0.25) is 0 Å². The second kappa shape index (κ2) is 7.84. The lowest BCUT2D eigenvalue weighted by Crippen LogP contribution is -2.56. The van der Waals surface area contributed by atoms with Gasteiger partial charge in [0.05, 0.1) is 6.10 Å². The van der Waals surface area contributed by atoms with E-state index in [9.17, 15) is 9.90 Å². The van der Waals surface area contributed by atoms with Gasteiger partial charge in [0.25, 0.3) is 0 Å². The van der Waals surface area contributed by atoms with Crippen LogP contribution in [0.2, 0.25) is 0 Å². The zero-order chi connectivity index (χ0) is 16.2. The van der Waals surface area contributed by atoms with E-state index in [1.807, 2.05) is 4.90 Å². The Hall–Kier alpha value is -0.810. The minimum absolute atomic E-state index is 0.100. The molecule has 1 saturated heterocycles. The lowest BCUT2D eigenvalue weighted by atomic mass is 9.86. The maximum atomic E-state index is 12.4. The normalized spacial score (nSPS) is 36.7. The zero-order valence-electron chi connectivity index (χ0n) is 14.5. The predicted octanol–water partition coefficient (Wildman–Crippen LogP) is 2.20. The molecule has 5 heteroatoms. The van der Waals surface area contributed by atoms with Gasteiger partial charge >= 0.3 is 6.03 Å². The first-order valence-corrected chi connectivity index (χ1v) is 9.59. The molecule has 0 unspecified atom stereocenters. The summed E-state index contributed by atoms with van der Waals surface area (Å²) in [6.45, 7) is 6.12. The lowest BCUT2D eigenvalue weighted by molar-refractivity contribution is 0.0797. The highest BCUT2D eigenvalue weighted by Gasteiger charge is 2.29. The number of hydrogen-bond acceptors (Lipinski definition) is 3. The Morgan fingerprint density at radius 2 is 1.52 bits per heavy atom. The Morgan fingerprint density at radius 1 is 0.913 bits per heavy atom. The Kier molecular flexibility index (Phi) is 5.81. The molecule has 2 saturated carbocycles. The van der Waals surface area contributed by atoms with E-state index in [1.54, 1.807) is 0 Å². The van der Waals surface area contributed by atoms with Crippen molar-refractivity contribution in [2.75, 3.05) is 26.2 Å². The zero-order valence-corrected chi connectivity index (χ0v) is 14.5. The van der Waals surface area contributed by atoms with Crippen LogP contribution in [0.25, 0.3) is 0 Å². The molecule has 5 nitrogen and oxygen atoms in total. The van der Waals surface area contributed by atoms with Gasteiger partial charge in [0, 0.05) is 38.3 Å². The van der Waals surface area contributed by atoms with E-state index in [2.05, 4.69) is 17.1 Å². The van der Waals surface area contributed by atoms with Crippen LogP contribution >= 0.6 is 0 Å². The first-order valence-electron chi connectivity index (χ1n) is 9.59. The molecule has 2 aliphatic carbocycles. The van der Waals surface area contributed by atoms with Gasteiger partial charge < -0.3 is 15.3 Å². The van der Waals surface area contributed by atoms with Crippen molar-refractivity contribution in [3.05, 3.63) is 0 Å². The van der Waals surface area contributed by atoms with Crippen molar-refractivity contribution < 1.29 is 9.90 Å². The van der Waals surface area contributed by atoms with Crippen molar-refractivity contribution in [3.63, 3.8) is 0 Å². The standard InChI is InChI=1S/C18H33N3O2/c1-14-2-6-16(7-3-14)20-10-12-21(13-11-20)18(23)19-15-4-8-17(22)9-5-15/h14-17,22H,2-13H2,1H3,(H,19,23). The van der Waals surface area contributed by atoms with Crippen molar-refractivity contribution >= 4 is 6.03 Å². The summed E-state index contributed by atoms with van der Waals surface area (Å²) in [7, 11) is 0. The van der Waals surface area contributed by atoms with Crippen molar-refractivity contribution in [3.8, 4) is 0 Å². The van der Waals surface area contributed by atoms with Crippen LogP contribution in [-0.4, -0.2) is 65.3 Å². The number of urea groups is 1. The van der Waals surface area contributed by atoms with E-state index in [0.29, 0.717) is 0 Å². The molecule has 132 valence electrons. The molecule has 1 aliphatic heterocycles. The third kappa shape index (κ3) is 4.60. The van der Waals surface area contributed by atoms with Crippen LogP contribution in [0.4, 0.5) is 4.79 Å². The van der Waals surface area contributed by atoms with Crippen molar-refractivity contribution in [2.45, 2.75) is 76.5 Å². The minimum Gasteiger partial charge on any atom is -0.393 e. The summed E-state index contributed by atoms with van der Waals surface area (Å²) in [5.41, 5.74) is 0. The van der Waals surface area contributed by atoms with Gasteiger partial charge in [-0.05, 0) is 57.3 Å². The van der Waals surface area contributed by atoms with E-state index < -0.39 is 0 Å². The molecule has 2 amide bonds. The highest BCUT2D eigenvalue weighted by atomic mass is 16.3. The van der Waals surface area contributed by atoms with Gasteiger partial charge in [-0.3, -0.25) is 4.90 Å². The molecule has 0 aromatic rings. The lowest BCUT2D eigenvalue weighted by Gasteiger charge is -2.42. The number of carbonyl (C=O) groups excluding carboxylic acids is 1. The number of nitrogens with zero attached hydrogens (tertiary/aromatic N) is 2. The van der Waals surface area contributed by atoms with E-state index in [-0.39, 0.29) is 18.2 Å². The summed E-state index contributed by atoms with van der Waals surface area (Å²) in [6, 6.07) is 1.10. The van der Waals surface area contributed by atoms with Gasteiger partial charge in [0.1, 0.15) is 0 Å². The Balaban J connectivity index is 1.39. The fraction of sp³-hybridized carbons (Fsp3) is 0.944. The first-order chi connectivity index (χ1) is 11.1. The van der Waals surface area contributed by atoms with Crippen molar-refractivity contribution in [2.24, 2.45) is 5.92 Å². The quantitative estimate of drug-likeness (QED) is 0.819. The second-order valence-corrected chi connectivity index (χ2v) is 7.89. The number of rotatable bonds is 2. The molecule has 3 rings (SSSR count). The number of amides is 2. The summed E-state index contributed by atoms with van der Waals surface area (Å²) >= 11 is 0. The number of hydrogen-bond donors (Lipinski definition) is 2. The molecule has 0 atom stereocenters. The third-order valence-corrected chi connectivity index (χ3v) is 6.13. The van der Waals surface area contributed by atoms with Crippen LogP contribution in [0.1, 0.15) is 58.3 Å².